The van der Waals surface area contributed by atoms with Crippen LogP contribution in [-0.2, 0) is 0 Å². The lowest BCUT2D eigenvalue weighted by atomic mass is 9.87. The number of hydrogen-bond donors (Lipinski definition) is 0. The zero-order valence-corrected chi connectivity index (χ0v) is 14.7. The minimum absolute atomic E-state index is 0.476. The molecule has 0 N–H and O–H groups in total. The molecule has 0 saturated carbocycles. The predicted molar refractivity (Wildman–Crippen MR) is 96.9 cm³/mol. The highest BCUT2D eigenvalue weighted by Crippen LogP contribution is 2.37. The highest BCUT2D eigenvalue weighted by molar-refractivity contribution is 5.44. The van der Waals surface area contributed by atoms with Crippen LogP contribution in [0.4, 0.5) is 0 Å². The molecule has 0 fully saturated rings. The fourth-order valence-electron chi connectivity index (χ4n) is 2.73. The summed E-state index contributed by atoms with van der Waals surface area (Å²) in [5.74, 6) is 1.54. The number of aryl methyl sites for hydroxylation is 1. The van der Waals surface area contributed by atoms with E-state index >= 15 is 0 Å². The van der Waals surface area contributed by atoms with Gasteiger partial charge in [0.2, 0.25) is 0 Å². The Morgan fingerprint density at radius 3 is 2.27 bits per heavy atom. The molecule has 0 radical (unpaired) electrons. The van der Waals surface area contributed by atoms with Crippen molar-refractivity contribution < 1.29 is 4.74 Å². The molecule has 1 aliphatic rings. The van der Waals surface area contributed by atoms with Crippen molar-refractivity contribution in [3.05, 3.63) is 65.2 Å². The molecule has 0 aliphatic carbocycles. The molecule has 0 amide bonds. The zero-order valence-electron chi connectivity index (χ0n) is 14.7. The van der Waals surface area contributed by atoms with Crippen molar-refractivity contribution in [2.75, 3.05) is 6.61 Å². The van der Waals surface area contributed by atoms with Gasteiger partial charge in [0, 0.05) is 11.5 Å². The molecule has 0 saturated heterocycles. The van der Waals surface area contributed by atoms with Crippen molar-refractivity contribution in [1.29, 1.82) is 0 Å². The van der Waals surface area contributed by atoms with Crippen LogP contribution in [0.2, 0.25) is 0 Å². The van der Waals surface area contributed by atoms with E-state index in [0.29, 0.717) is 5.92 Å². The second kappa shape index (κ2) is 10.0. The van der Waals surface area contributed by atoms with Crippen molar-refractivity contribution >= 4 is 0 Å². The van der Waals surface area contributed by atoms with Crippen LogP contribution in [0.3, 0.4) is 0 Å². The Hall–Kier alpha value is -1.76. The Kier molecular flexibility index (Phi) is 8.35. The Morgan fingerprint density at radius 2 is 1.59 bits per heavy atom. The van der Waals surface area contributed by atoms with Crippen molar-refractivity contribution in [2.45, 2.75) is 53.4 Å². The SMILES string of the molecule is CC.CC.Cc1ccc2c(c1)C(c1ccccc1)CCCO2. The number of fused-ring (bicyclic) bond motifs is 1. The Labute approximate surface area is 136 Å². The molecule has 1 unspecified atom stereocenters. The summed E-state index contributed by atoms with van der Waals surface area (Å²) in [4.78, 5) is 0. The Morgan fingerprint density at radius 1 is 0.909 bits per heavy atom. The first-order chi connectivity index (χ1) is 10.8. The van der Waals surface area contributed by atoms with E-state index in [1.165, 1.54) is 23.1 Å². The second-order valence-corrected chi connectivity index (χ2v) is 5.00. The van der Waals surface area contributed by atoms with Gasteiger partial charge in [0.05, 0.1) is 6.61 Å². The monoisotopic (exact) mass is 298 g/mol. The zero-order chi connectivity index (χ0) is 16.4. The summed E-state index contributed by atoms with van der Waals surface area (Å²) in [5.41, 5.74) is 4.05. The first-order valence-corrected chi connectivity index (χ1v) is 8.63. The summed E-state index contributed by atoms with van der Waals surface area (Å²) in [6.07, 6.45) is 2.29. The van der Waals surface area contributed by atoms with Crippen molar-refractivity contribution in [2.24, 2.45) is 0 Å². The van der Waals surface area contributed by atoms with Gasteiger partial charge in [-0.2, -0.15) is 0 Å². The molecule has 22 heavy (non-hydrogen) atoms. The fourth-order valence-corrected chi connectivity index (χ4v) is 2.73. The number of ether oxygens (including phenoxy) is 1. The first kappa shape index (κ1) is 18.3. The van der Waals surface area contributed by atoms with Crippen LogP contribution in [0, 0.1) is 6.92 Å². The van der Waals surface area contributed by atoms with Gasteiger partial charge in [0.15, 0.2) is 0 Å². The quantitative estimate of drug-likeness (QED) is 0.596. The molecule has 1 nitrogen and oxygen atoms in total. The van der Waals surface area contributed by atoms with E-state index in [-0.39, 0.29) is 0 Å². The molecule has 1 atom stereocenters. The van der Waals surface area contributed by atoms with Crippen LogP contribution in [-0.4, -0.2) is 6.61 Å². The molecule has 1 aliphatic heterocycles. The van der Waals surface area contributed by atoms with E-state index in [2.05, 4.69) is 55.5 Å². The van der Waals surface area contributed by atoms with Crippen LogP contribution >= 0.6 is 0 Å². The van der Waals surface area contributed by atoms with Crippen molar-refractivity contribution in [3.8, 4) is 5.75 Å². The summed E-state index contributed by atoms with van der Waals surface area (Å²) < 4.78 is 5.86. The number of rotatable bonds is 1. The lowest BCUT2D eigenvalue weighted by Gasteiger charge is -2.17. The lowest BCUT2D eigenvalue weighted by molar-refractivity contribution is 0.316. The average molecular weight is 298 g/mol. The summed E-state index contributed by atoms with van der Waals surface area (Å²) in [7, 11) is 0. The van der Waals surface area contributed by atoms with Crippen molar-refractivity contribution in [1.82, 2.24) is 0 Å². The molecular formula is C21H30O. The number of hydrogen-bond acceptors (Lipinski definition) is 1. The Balaban J connectivity index is 0.000000561. The predicted octanol–water partition coefficient (Wildman–Crippen LogP) is 6.35. The summed E-state index contributed by atoms with van der Waals surface area (Å²) >= 11 is 0. The van der Waals surface area contributed by atoms with Crippen LogP contribution in [0.15, 0.2) is 48.5 Å². The third kappa shape index (κ3) is 4.62. The van der Waals surface area contributed by atoms with Crippen LogP contribution < -0.4 is 4.74 Å². The lowest BCUT2D eigenvalue weighted by Crippen LogP contribution is -2.00. The Bertz CT molecular complexity index is 531. The minimum atomic E-state index is 0.476. The molecule has 1 heterocycles. The van der Waals surface area contributed by atoms with Gasteiger partial charge >= 0.3 is 0 Å². The van der Waals surface area contributed by atoms with Gasteiger partial charge in [-0.05, 0) is 31.4 Å². The molecule has 1 heteroatoms. The topological polar surface area (TPSA) is 9.23 Å². The maximum Gasteiger partial charge on any atom is 0.123 e. The van der Waals surface area contributed by atoms with Crippen molar-refractivity contribution in [3.63, 3.8) is 0 Å². The molecule has 0 aromatic heterocycles. The summed E-state index contributed by atoms with van der Waals surface area (Å²) in [6.45, 7) is 11.0. The third-order valence-corrected chi connectivity index (χ3v) is 3.64. The van der Waals surface area contributed by atoms with E-state index in [1.807, 2.05) is 27.7 Å². The molecule has 2 aromatic rings. The van der Waals surface area contributed by atoms with E-state index in [0.717, 1.165) is 18.8 Å². The average Bonchev–Trinajstić information content (AvgIpc) is 2.81. The molecule has 0 bridgehead atoms. The van der Waals surface area contributed by atoms with E-state index in [9.17, 15) is 0 Å². The first-order valence-electron chi connectivity index (χ1n) is 8.63. The van der Waals surface area contributed by atoms with E-state index in [4.69, 9.17) is 4.74 Å². The third-order valence-electron chi connectivity index (χ3n) is 3.64. The van der Waals surface area contributed by atoms with Gasteiger partial charge in [-0.1, -0.05) is 75.7 Å². The normalized spacial score (nSPS) is 15.8. The highest BCUT2D eigenvalue weighted by Gasteiger charge is 2.21. The van der Waals surface area contributed by atoms with E-state index in [1.54, 1.807) is 0 Å². The standard InChI is InChI=1S/C17H18O.2C2H6/c1-13-9-10-17-16(12-13)15(8-5-11-18-17)14-6-3-2-4-7-14;2*1-2/h2-4,6-7,9-10,12,15H,5,8,11H2,1H3;2*1-2H3. The molecule has 0 spiro atoms. The fraction of sp³-hybridized carbons (Fsp3) is 0.429. The maximum atomic E-state index is 5.86. The van der Waals surface area contributed by atoms with Gasteiger partial charge in [0.1, 0.15) is 5.75 Å². The molecule has 3 rings (SSSR count). The van der Waals surface area contributed by atoms with Gasteiger partial charge in [-0.25, -0.2) is 0 Å². The van der Waals surface area contributed by atoms with E-state index < -0.39 is 0 Å². The van der Waals surface area contributed by atoms with Gasteiger partial charge in [-0.3, -0.25) is 0 Å². The van der Waals surface area contributed by atoms with Crippen LogP contribution in [0.5, 0.6) is 5.75 Å². The molecule has 120 valence electrons. The smallest absolute Gasteiger partial charge is 0.123 e. The minimum Gasteiger partial charge on any atom is -0.493 e. The van der Waals surface area contributed by atoms with Gasteiger partial charge < -0.3 is 4.74 Å². The highest BCUT2D eigenvalue weighted by atomic mass is 16.5. The summed E-state index contributed by atoms with van der Waals surface area (Å²) in [6, 6.07) is 17.3. The number of benzene rings is 2. The van der Waals surface area contributed by atoms with Gasteiger partial charge in [0.25, 0.3) is 0 Å². The molecule has 2 aromatic carbocycles. The molecular weight excluding hydrogens is 268 g/mol. The second-order valence-electron chi connectivity index (χ2n) is 5.00. The summed E-state index contributed by atoms with van der Waals surface area (Å²) in [5, 5.41) is 0. The van der Waals surface area contributed by atoms with Crippen LogP contribution in [0.25, 0.3) is 0 Å². The largest absolute Gasteiger partial charge is 0.493 e. The van der Waals surface area contributed by atoms with Crippen LogP contribution in [0.1, 0.15) is 63.1 Å². The maximum absolute atomic E-state index is 5.86. The van der Waals surface area contributed by atoms with Gasteiger partial charge in [-0.15, -0.1) is 0 Å².